The summed E-state index contributed by atoms with van der Waals surface area (Å²) in [5, 5.41) is 9.67. The lowest BCUT2D eigenvalue weighted by Crippen LogP contribution is -2.32. The number of hydrogen-bond donors (Lipinski definition) is 0. The largest absolute Gasteiger partial charge is 0.468 e. The second kappa shape index (κ2) is 9.44. The first-order valence-corrected chi connectivity index (χ1v) is 8.68. The van der Waals surface area contributed by atoms with E-state index in [0.717, 1.165) is 0 Å². The van der Waals surface area contributed by atoms with E-state index in [4.69, 9.17) is 4.74 Å². The molecule has 0 aliphatic heterocycles. The Bertz CT molecular complexity index is 782. The standard InChI is InChI=1S/C22H21NO4/c1-27-21(26)22(16-23,14-12-19(24)17-8-4-2-5-9-17)15-13-20(25)18-10-6-3-7-11-18/h2-11H,12-15H2,1H3. The van der Waals surface area contributed by atoms with Crippen LogP contribution in [0.5, 0.6) is 0 Å². The summed E-state index contributed by atoms with van der Waals surface area (Å²) in [4.78, 5) is 37.0. The second-order valence-electron chi connectivity index (χ2n) is 6.26. The van der Waals surface area contributed by atoms with Crippen LogP contribution >= 0.6 is 0 Å². The van der Waals surface area contributed by atoms with Gasteiger partial charge in [-0.15, -0.1) is 0 Å². The monoisotopic (exact) mass is 363 g/mol. The minimum absolute atomic E-state index is 0.00592. The van der Waals surface area contributed by atoms with Crippen LogP contribution in [-0.4, -0.2) is 24.6 Å². The molecular weight excluding hydrogens is 342 g/mol. The molecule has 5 heteroatoms. The predicted octanol–water partition coefficient (Wildman–Crippen LogP) is 4.00. The molecule has 0 saturated heterocycles. The molecule has 2 aromatic carbocycles. The Kier molecular flexibility index (Phi) is 7.01. The lowest BCUT2D eigenvalue weighted by molar-refractivity contribution is -0.150. The van der Waals surface area contributed by atoms with E-state index in [1.54, 1.807) is 60.7 Å². The van der Waals surface area contributed by atoms with E-state index in [2.05, 4.69) is 0 Å². The Labute approximate surface area is 158 Å². The van der Waals surface area contributed by atoms with Crippen molar-refractivity contribution < 1.29 is 19.1 Å². The van der Waals surface area contributed by atoms with E-state index in [1.165, 1.54) is 7.11 Å². The van der Waals surface area contributed by atoms with Crippen molar-refractivity contribution in [3.05, 3.63) is 71.8 Å². The lowest BCUT2D eigenvalue weighted by Gasteiger charge is -2.23. The van der Waals surface area contributed by atoms with Gasteiger partial charge in [-0.25, -0.2) is 0 Å². The van der Waals surface area contributed by atoms with Crippen molar-refractivity contribution in [1.29, 1.82) is 5.26 Å². The van der Waals surface area contributed by atoms with Crippen LogP contribution in [0.3, 0.4) is 0 Å². The van der Waals surface area contributed by atoms with E-state index in [1.807, 2.05) is 6.07 Å². The molecule has 0 spiro atoms. The number of Topliss-reactive ketones (excluding diaryl/α,β-unsaturated/α-hetero) is 2. The molecule has 0 atom stereocenters. The first-order chi connectivity index (χ1) is 13.0. The van der Waals surface area contributed by atoms with Crippen LogP contribution in [0.2, 0.25) is 0 Å². The predicted molar refractivity (Wildman–Crippen MR) is 100 cm³/mol. The number of nitrogens with zero attached hydrogens (tertiary/aromatic N) is 1. The van der Waals surface area contributed by atoms with Gasteiger partial charge in [0.25, 0.3) is 0 Å². The smallest absolute Gasteiger partial charge is 0.326 e. The van der Waals surface area contributed by atoms with E-state index in [0.29, 0.717) is 11.1 Å². The van der Waals surface area contributed by atoms with Gasteiger partial charge in [-0.2, -0.15) is 5.26 Å². The van der Waals surface area contributed by atoms with Crippen molar-refractivity contribution in [2.45, 2.75) is 25.7 Å². The van der Waals surface area contributed by atoms with Gasteiger partial charge >= 0.3 is 5.97 Å². The molecule has 0 aliphatic carbocycles. The lowest BCUT2D eigenvalue weighted by atomic mass is 9.78. The number of rotatable bonds is 9. The maximum atomic E-state index is 12.3. The van der Waals surface area contributed by atoms with E-state index in [-0.39, 0.29) is 37.2 Å². The molecule has 0 saturated carbocycles. The fourth-order valence-corrected chi connectivity index (χ4v) is 2.87. The summed E-state index contributed by atoms with van der Waals surface area (Å²) in [6.07, 6.45) is 0.0519. The van der Waals surface area contributed by atoms with Gasteiger partial charge in [-0.3, -0.25) is 14.4 Å². The van der Waals surface area contributed by atoms with Crippen LogP contribution in [0.4, 0.5) is 0 Å². The van der Waals surface area contributed by atoms with Gasteiger partial charge in [0, 0.05) is 24.0 Å². The Balaban J connectivity index is 2.10. The molecule has 0 aromatic heterocycles. The Morgan fingerprint density at radius 3 is 1.59 bits per heavy atom. The zero-order valence-corrected chi connectivity index (χ0v) is 15.2. The van der Waals surface area contributed by atoms with Gasteiger partial charge in [0.05, 0.1) is 13.2 Å². The number of hydrogen-bond acceptors (Lipinski definition) is 5. The minimum atomic E-state index is -1.52. The number of esters is 1. The topological polar surface area (TPSA) is 84.2 Å². The third-order valence-corrected chi connectivity index (χ3v) is 4.54. The van der Waals surface area contributed by atoms with Crippen molar-refractivity contribution >= 4 is 17.5 Å². The van der Waals surface area contributed by atoms with Crippen LogP contribution < -0.4 is 0 Å². The van der Waals surface area contributed by atoms with Gasteiger partial charge in [-0.05, 0) is 12.8 Å². The van der Waals surface area contributed by atoms with Gasteiger partial charge in [0.2, 0.25) is 0 Å². The molecule has 2 rings (SSSR count). The molecule has 0 radical (unpaired) electrons. The van der Waals surface area contributed by atoms with Gasteiger partial charge < -0.3 is 4.74 Å². The molecule has 0 unspecified atom stereocenters. The Morgan fingerprint density at radius 2 is 1.26 bits per heavy atom. The number of methoxy groups -OCH3 is 1. The molecule has 27 heavy (non-hydrogen) atoms. The summed E-state index contributed by atoms with van der Waals surface area (Å²) < 4.78 is 4.80. The molecule has 0 fully saturated rings. The zero-order valence-electron chi connectivity index (χ0n) is 15.2. The van der Waals surface area contributed by atoms with Crippen LogP contribution in [0.1, 0.15) is 46.4 Å². The summed E-state index contributed by atoms with van der Waals surface area (Å²) >= 11 is 0. The maximum absolute atomic E-state index is 12.3. The molecule has 2 aromatic rings. The fourth-order valence-electron chi connectivity index (χ4n) is 2.87. The summed E-state index contributed by atoms with van der Waals surface area (Å²) in [6.45, 7) is 0. The van der Waals surface area contributed by atoms with Crippen LogP contribution in [-0.2, 0) is 9.53 Å². The number of carbonyl (C=O) groups excluding carboxylic acids is 3. The first kappa shape index (κ1) is 20.1. The highest BCUT2D eigenvalue weighted by molar-refractivity contribution is 5.97. The highest BCUT2D eigenvalue weighted by Gasteiger charge is 2.40. The molecule has 5 nitrogen and oxygen atoms in total. The Hall–Kier alpha value is -3.26. The van der Waals surface area contributed by atoms with Gasteiger partial charge in [0.15, 0.2) is 17.0 Å². The first-order valence-electron chi connectivity index (χ1n) is 8.68. The average Bonchev–Trinajstić information content (AvgIpc) is 2.74. The van der Waals surface area contributed by atoms with Crippen molar-refractivity contribution in [3.63, 3.8) is 0 Å². The summed E-state index contributed by atoms with van der Waals surface area (Å²) in [6, 6.07) is 19.4. The summed E-state index contributed by atoms with van der Waals surface area (Å²) in [5.41, 5.74) is -0.479. The van der Waals surface area contributed by atoms with Crippen LogP contribution in [0.15, 0.2) is 60.7 Å². The Morgan fingerprint density at radius 1 is 0.852 bits per heavy atom. The van der Waals surface area contributed by atoms with Crippen molar-refractivity contribution in [2.75, 3.05) is 7.11 Å². The quantitative estimate of drug-likeness (QED) is 0.497. The van der Waals surface area contributed by atoms with E-state index >= 15 is 0 Å². The van der Waals surface area contributed by atoms with Crippen molar-refractivity contribution in [1.82, 2.24) is 0 Å². The number of ether oxygens (including phenoxy) is 1. The third-order valence-electron chi connectivity index (χ3n) is 4.54. The molecular formula is C22H21NO4. The SMILES string of the molecule is COC(=O)C(C#N)(CCC(=O)c1ccccc1)CCC(=O)c1ccccc1. The minimum Gasteiger partial charge on any atom is -0.468 e. The van der Waals surface area contributed by atoms with Crippen molar-refractivity contribution in [2.24, 2.45) is 5.41 Å². The zero-order chi connectivity index (χ0) is 19.7. The molecule has 0 heterocycles. The number of ketones is 2. The van der Waals surface area contributed by atoms with Crippen molar-refractivity contribution in [3.8, 4) is 6.07 Å². The number of benzene rings is 2. The number of carbonyl (C=O) groups is 3. The van der Waals surface area contributed by atoms with Gasteiger partial charge in [0.1, 0.15) is 0 Å². The maximum Gasteiger partial charge on any atom is 0.326 e. The summed E-state index contributed by atoms with van der Waals surface area (Å²) in [5.74, 6) is -1.03. The number of nitriles is 1. The molecule has 0 N–H and O–H groups in total. The normalized spacial score (nSPS) is 10.7. The molecule has 0 amide bonds. The molecule has 0 aliphatic rings. The molecule has 0 bridgehead atoms. The van der Waals surface area contributed by atoms with Crippen LogP contribution in [0, 0.1) is 16.7 Å². The van der Waals surface area contributed by atoms with E-state index in [9.17, 15) is 19.6 Å². The van der Waals surface area contributed by atoms with Gasteiger partial charge in [-0.1, -0.05) is 60.7 Å². The highest BCUT2D eigenvalue weighted by Crippen LogP contribution is 2.32. The molecule has 138 valence electrons. The summed E-state index contributed by atoms with van der Waals surface area (Å²) in [7, 11) is 1.20. The average molecular weight is 363 g/mol. The van der Waals surface area contributed by atoms with Crippen LogP contribution in [0.25, 0.3) is 0 Å². The highest BCUT2D eigenvalue weighted by atomic mass is 16.5. The fraction of sp³-hybridized carbons (Fsp3) is 0.273. The second-order valence-corrected chi connectivity index (χ2v) is 6.26. The van der Waals surface area contributed by atoms with E-state index < -0.39 is 11.4 Å². The third kappa shape index (κ3) is 5.11.